The third-order valence-corrected chi connectivity index (χ3v) is 6.68. The summed E-state index contributed by atoms with van der Waals surface area (Å²) in [4.78, 5) is 29.4. The molecule has 30 heavy (non-hydrogen) atoms. The molecule has 5 rings (SSSR count). The predicted octanol–water partition coefficient (Wildman–Crippen LogP) is 4.36. The van der Waals surface area contributed by atoms with Crippen molar-refractivity contribution < 1.29 is 9.59 Å². The molecule has 0 saturated heterocycles. The average molecular weight is 425 g/mol. The molecule has 0 aliphatic carbocycles. The number of Topliss-reactive ketones (excluding diaryl/α,β-unsaturated/α-hetero) is 1. The van der Waals surface area contributed by atoms with Crippen LogP contribution in [0.5, 0.6) is 0 Å². The predicted molar refractivity (Wildman–Crippen MR) is 122 cm³/mol. The first-order chi connectivity index (χ1) is 14.2. The van der Waals surface area contributed by atoms with Crippen molar-refractivity contribution in [2.45, 2.75) is 51.5 Å². The van der Waals surface area contributed by atoms with E-state index in [4.69, 9.17) is 0 Å². The van der Waals surface area contributed by atoms with Gasteiger partial charge in [-0.3, -0.25) is 14.5 Å². The van der Waals surface area contributed by atoms with E-state index in [1.807, 2.05) is 17.0 Å². The number of amides is 1. The molecule has 0 aromatic heterocycles. The second kappa shape index (κ2) is 8.91. The van der Waals surface area contributed by atoms with Gasteiger partial charge in [0.2, 0.25) is 5.91 Å². The number of anilines is 1. The van der Waals surface area contributed by atoms with Gasteiger partial charge in [-0.25, -0.2) is 0 Å². The number of ketones is 1. The largest absolute Gasteiger partial charge is 0.312 e. The van der Waals surface area contributed by atoms with Crippen molar-refractivity contribution in [2.75, 3.05) is 24.5 Å². The summed E-state index contributed by atoms with van der Waals surface area (Å²) < 4.78 is 0. The van der Waals surface area contributed by atoms with Gasteiger partial charge >= 0.3 is 0 Å². The second-order valence-corrected chi connectivity index (χ2v) is 8.61. The molecule has 3 aliphatic rings. The Labute approximate surface area is 184 Å². The molecular formula is C25H29ClN2O2. The number of nitrogens with zero attached hydrogens (tertiary/aromatic N) is 2. The number of benzene rings is 2. The lowest BCUT2D eigenvalue weighted by molar-refractivity contribution is -0.118. The maximum atomic E-state index is 12.9. The minimum atomic E-state index is 0. The summed E-state index contributed by atoms with van der Waals surface area (Å²) in [5, 5.41) is 0. The van der Waals surface area contributed by atoms with Gasteiger partial charge in [0.05, 0.1) is 5.69 Å². The number of hydrogen-bond donors (Lipinski definition) is 0. The van der Waals surface area contributed by atoms with Crippen LogP contribution in [-0.4, -0.2) is 36.2 Å². The van der Waals surface area contributed by atoms with Gasteiger partial charge in [0.1, 0.15) is 0 Å². The van der Waals surface area contributed by atoms with Crippen LogP contribution < -0.4 is 4.90 Å². The van der Waals surface area contributed by atoms with E-state index < -0.39 is 0 Å². The highest BCUT2D eigenvalue weighted by atomic mass is 35.5. The molecule has 158 valence electrons. The quantitative estimate of drug-likeness (QED) is 0.670. The smallest absolute Gasteiger partial charge is 0.227 e. The van der Waals surface area contributed by atoms with E-state index in [9.17, 15) is 9.59 Å². The molecule has 0 saturated carbocycles. The van der Waals surface area contributed by atoms with Crippen LogP contribution in [0, 0.1) is 0 Å². The molecule has 5 heteroatoms. The summed E-state index contributed by atoms with van der Waals surface area (Å²) in [5.74, 6) is 0.476. The van der Waals surface area contributed by atoms with E-state index in [1.54, 1.807) is 0 Å². The molecule has 0 spiro atoms. The Morgan fingerprint density at radius 2 is 1.67 bits per heavy atom. The van der Waals surface area contributed by atoms with Gasteiger partial charge in [-0.2, -0.15) is 0 Å². The zero-order valence-electron chi connectivity index (χ0n) is 17.4. The standard InChI is InChI=1S/C25H28N2O2.ClH/c28-23(8-4-13-26-12-3-7-18-5-1-2-6-21(18)17-26)22-15-19-9-10-24(29)27-14-11-20(16-22)25(19)27;/h1-2,5-6,15-16H,3-4,7-14,17H2;1H. The SMILES string of the molecule is Cl.O=C(CCCN1CCCc2ccccc2C1)c1cc2c3c(c1)CCN3C(=O)CC2. The van der Waals surface area contributed by atoms with Crippen LogP contribution in [0.1, 0.15) is 58.3 Å². The zero-order valence-corrected chi connectivity index (χ0v) is 18.2. The van der Waals surface area contributed by atoms with E-state index in [2.05, 4.69) is 29.2 Å². The van der Waals surface area contributed by atoms with Crippen LogP contribution in [0.2, 0.25) is 0 Å². The lowest BCUT2D eigenvalue weighted by Crippen LogP contribution is -2.32. The lowest BCUT2D eigenvalue weighted by Gasteiger charge is -2.25. The monoisotopic (exact) mass is 424 g/mol. The number of carbonyl (C=O) groups is 2. The first-order valence-electron chi connectivity index (χ1n) is 11.0. The summed E-state index contributed by atoms with van der Waals surface area (Å²) >= 11 is 0. The summed E-state index contributed by atoms with van der Waals surface area (Å²) in [7, 11) is 0. The summed E-state index contributed by atoms with van der Waals surface area (Å²) in [5.41, 5.74) is 7.23. The van der Waals surface area contributed by atoms with Gasteiger partial charge in [0, 0.05) is 31.5 Å². The van der Waals surface area contributed by atoms with Crippen molar-refractivity contribution in [3.63, 3.8) is 0 Å². The molecule has 2 aromatic rings. The van der Waals surface area contributed by atoms with Crippen molar-refractivity contribution in [1.29, 1.82) is 0 Å². The first kappa shape index (κ1) is 21.1. The fourth-order valence-electron chi connectivity index (χ4n) is 5.19. The molecule has 0 fully saturated rings. The molecule has 0 bridgehead atoms. The van der Waals surface area contributed by atoms with Gasteiger partial charge < -0.3 is 4.90 Å². The van der Waals surface area contributed by atoms with Crippen LogP contribution in [0.4, 0.5) is 5.69 Å². The Kier molecular flexibility index (Phi) is 6.26. The Morgan fingerprint density at radius 3 is 2.50 bits per heavy atom. The number of rotatable bonds is 5. The van der Waals surface area contributed by atoms with E-state index >= 15 is 0 Å². The lowest BCUT2D eigenvalue weighted by atomic mass is 9.94. The molecule has 4 nitrogen and oxygen atoms in total. The van der Waals surface area contributed by atoms with Crippen molar-refractivity contribution >= 4 is 29.8 Å². The molecule has 0 unspecified atom stereocenters. The fourth-order valence-corrected chi connectivity index (χ4v) is 5.19. The van der Waals surface area contributed by atoms with E-state index in [0.717, 1.165) is 63.1 Å². The zero-order chi connectivity index (χ0) is 19.8. The number of aryl methyl sites for hydroxylation is 2. The Hall–Kier alpha value is -2.17. The minimum Gasteiger partial charge on any atom is -0.312 e. The molecule has 0 radical (unpaired) electrons. The van der Waals surface area contributed by atoms with Gasteiger partial charge in [-0.1, -0.05) is 24.3 Å². The van der Waals surface area contributed by atoms with Crippen molar-refractivity contribution in [1.82, 2.24) is 4.90 Å². The maximum absolute atomic E-state index is 12.9. The van der Waals surface area contributed by atoms with Crippen LogP contribution in [0.25, 0.3) is 0 Å². The van der Waals surface area contributed by atoms with Gasteiger partial charge in [-0.05, 0) is 79.6 Å². The second-order valence-electron chi connectivity index (χ2n) is 8.61. The van der Waals surface area contributed by atoms with Crippen LogP contribution in [-0.2, 0) is 30.6 Å². The fraction of sp³-hybridized carbons (Fsp3) is 0.440. The first-order valence-corrected chi connectivity index (χ1v) is 11.0. The molecule has 3 aliphatic heterocycles. The van der Waals surface area contributed by atoms with E-state index in [1.165, 1.54) is 28.7 Å². The average Bonchev–Trinajstić information content (AvgIpc) is 3.06. The normalized spacial score (nSPS) is 17.7. The van der Waals surface area contributed by atoms with Crippen LogP contribution in [0.15, 0.2) is 36.4 Å². The highest BCUT2D eigenvalue weighted by Gasteiger charge is 2.31. The van der Waals surface area contributed by atoms with Crippen molar-refractivity contribution in [3.05, 3.63) is 64.2 Å². The minimum absolute atomic E-state index is 0. The molecule has 3 heterocycles. The Balaban J connectivity index is 0.00000218. The third kappa shape index (κ3) is 4.03. The molecule has 0 atom stereocenters. The number of fused-ring (bicyclic) bond motifs is 1. The Bertz CT molecular complexity index is 972. The molecule has 2 aromatic carbocycles. The number of hydrogen-bond acceptors (Lipinski definition) is 3. The van der Waals surface area contributed by atoms with Gasteiger partial charge in [0.25, 0.3) is 0 Å². The maximum Gasteiger partial charge on any atom is 0.227 e. The van der Waals surface area contributed by atoms with Crippen LogP contribution >= 0.6 is 12.4 Å². The van der Waals surface area contributed by atoms with Gasteiger partial charge in [0.15, 0.2) is 5.78 Å². The van der Waals surface area contributed by atoms with Crippen LogP contribution in [0.3, 0.4) is 0 Å². The molecule has 0 N–H and O–H groups in total. The van der Waals surface area contributed by atoms with Gasteiger partial charge in [-0.15, -0.1) is 12.4 Å². The molecular weight excluding hydrogens is 396 g/mol. The Morgan fingerprint density at radius 1 is 0.900 bits per heavy atom. The highest BCUT2D eigenvalue weighted by molar-refractivity contribution is 6.02. The van der Waals surface area contributed by atoms with Crippen molar-refractivity contribution in [3.8, 4) is 0 Å². The number of halogens is 1. The van der Waals surface area contributed by atoms with E-state index in [-0.39, 0.29) is 24.1 Å². The third-order valence-electron chi connectivity index (χ3n) is 6.68. The summed E-state index contributed by atoms with van der Waals surface area (Å²) in [6.45, 7) is 3.85. The highest BCUT2D eigenvalue weighted by Crippen LogP contribution is 2.37. The summed E-state index contributed by atoms with van der Waals surface area (Å²) in [6, 6.07) is 12.8. The van der Waals surface area contributed by atoms with Crippen molar-refractivity contribution in [2.24, 2.45) is 0 Å². The summed E-state index contributed by atoms with van der Waals surface area (Å²) in [6.07, 6.45) is 6.06. The van der Waals surface area contributed by atoms with E-state index in [0.29, 0.717) is 12.8 Å². The topological polar surface area (TPSA) is 40.6 Å². The number of carbonyl (C=O) groups excluding carboxylic acids is 2. The molecule has 1 amide bonds.